The van der Waals surface area contributed by atoms with E-state index in [0.29, 0.717) is 18.9 Å². The van der Waals surface area contributed by atoms with Crippen LogP contribution in [-0.4, -0.2) is 18.6 Å². The maximum atomic E-state index is 12.0. The largest absolute Gasteiger partial charge is 0.491 e. The van der Waals surface area contributed by atoms with Gasteiger partial charge in [-0.25, -0.2) is 0 Å². The van der Waals surface area contributed by atoms with Crippen molar-refractivity contribution in [2.75, 3.05) is 6.61 Å². The van der Waals surface area contributed by atoms with Crippen molar-refractivity contribution < 1.29 is 9.53 Å². The van der Waals surface area contributed by atoms with Gasteiger partial charge >= 0.3 is 0 Å². The highest BCUT2D eigenvalue weighted by molar-refractivity contribution is 5.85. The van der Waals surface area contributed by atoms with Crippen molar-refractivity contribution in [3.63, 3.8) is 0 Å². The van der Waals surface area contributed by atoms with E-state index in [1.807, 2.05) is 24.3 Å². The van der Waals surface area contributed by atoms with Crippen LogP contribution in [0.5, 0.6) is 5.75 Å². The smallest absolute Gasteiger partial charge is 0.237 e. The van der Waals surface area contributed by atoms with Crippen LogP contribution in [0.2, 0.25) is 0 Å². The number of nitrogens with one attached hydrogen (secondary N) is 1. The zero-order valence-electron chi connectivity index (χ0n) is 11.3. The van der Waals surface area contributed by atoms with Crippen molar-refractivity contribution in [2.24, 2.45) is 11.7 Å². The number of hydrogen-bond acceptors (Lipinski definition) is 3. The first-order valence-electron chi connectivity index (χ1n) is 6.35. The first-order valence-corrected chi connectivity index (χ1v) is 6.35. The Bertz CT molecular complexity index is 437. The lowest BCUT2D eigenvalue weighted by atomic mass is 10.0. The highest BCUT2D eigenvalue weighted by Gasteiger charge is 2.26. The molecule has 0 saturated heterocycles. The molecule has 1 aliphatic heterocycles. The molecule has 3 N–H and O–H groups in total. The Morgan fingerprint density at radius 1 is 1.47 bits per heavy atom. The van der Waals surface area contributed by atoms with Gasteiger partial charge in [0.15, 0.2) is 0 Å². The van der Waals surface area contributed by atoms with Gasteiger partial charge in [0.05, 0.1) is 12.1 Å². The lowest BCUT2D eigenvalue weighted by Crippen LogP contribution is -2.43. The summed E-state index contributed by atoms with van der Waals surface area (Å²) in [6.45, 7) is 4.60. The van der Waals surface area contributed by atoms with E-state index in [4.69, 9.17) is 10.5 Å². The molecule has 1 unspecified atom stereocenters. The highest BCUT2D eigenvalue weighted by Crippen LogP contribution is 2.31. The van der Waals surface area contributed by atoms with Crippen molar-refractivity contribution in [1.82, 2.24) is 5.32 Å². The number of amides is 1. The van der Waals surface area contributed by atoms with Crippen LogP contribution < -0.4 is 15.8 Å². The Morgan fingerprint density at radius 3 is 2.84 bits per heavy atom. The summed E-state index contributed by atoms with van der Waals surface area (Å²) >= 11 is 0. The third-order valence-corrected chi connectivity index (χ3v) is 3.08. The SMILES string of the molecule is CC(C)C[C@H](N)C(=O)NC1COc2ccccc21.Cl. The number of carbonyl (C=O) groups is 1. The molecule has 0 saturated carbocycles. The van der Waals surface area contributed by atoms with Crippen molar-refractivity contribution in [2.45, 2.75) is 32.4 Å². The van der Waals surface area contributed by atoms with Gasteiger partial charge in [0.1, 0.15) is 12.4 Å². The molecule has 0 aromatic heterocycles. The Labute approximate surface area is 120 Å². The van der Waals surface area contributed by atoms with E-state index >= 15 is 0 Å². The quantitative estimate of drug-likeness (QED) is 0.889. The molecule has 1 aromatic rings. The second-order valence-corrected chi connectivity index (χ2v) is 5.15. The van der Waals surface area contributed by atoms with E-state index in [1.54, 1.807) is 0 Å². The van der Waals surface area contributed by atoms with Crippen LogP contribution in [0.15, 0.2) is 24.3 Å². The standard InChI is InChI=1S/C14H20N2O2.ClH/c1-9(2)7-11(15)14(17)16-12-8-18-13-6-4-3-5-10(12)13;/h3-6,9,11-12H,7-8,15H2,1-2H3,(H,16,17);1H/t11-,12?;/m0./s1. The zero-order valence-corrected chi connectivity index (χ0v) is 12.1. The fourth-order valence-electron chi connectivity index (χ4n) is 2.18. The van der Waals surface area contributed by atoms with Gasteiger partial charge in [0.2, 0.25) is 5.91 Å². The second-order valence-electron chi connectivity index (χ2n) is 5.15. The van der Waals surface area contributed by atoms with E-state index in [2.05, 4.69) is 19.2 Å². The molecule has 1 aliphatic rings. The van der Waals surface area contributed by atoms with E-state index < -0.39 is 6.04 Å². The van der Waals surface area contributed by atoms with Gasteiger partial charge < -0.3 is 15.8 Å². The Balaban J connectivity index is 0.00000180. The number of nitrogens with two attached hydrogens (primary N) is 1. The van der Waals surface area contributed by atoms with Crippen LogP contribution in [0.25, 0.3) is 0 Å². The summed E-state index contributed by atoms with van der Waals surface area (Å²) in [4.78, 5) is 12.0. The summed E-state index contributed by atoms with van der Waals surface area (Å²) in [5.41, 5.74) is 6.89. The van der Waals surface area contributed by atoms with E-state index in [9.17, 15) is 4.79 Å². The maximum Gasteiger partial charge on any atom is 0.237 e. The summed E-state index contributed by atoms with van der Waals surface area (Å²) in [7, 11) is 0. The normalized spacial score (nSPS) is 18.2. The Kier molecular flexibility index (Phi) is 5.63. The molecule has 0 fully saturated rings. The summed E-state index contributed by atoms with van der Waals surface area (Å²) in [5, 5.41) is 2.95. The fraction of sp³-hybridized carbons (Fsp3) is 0.500. The molecule has 0 radical (unpaired) electrons. The zero-order chi connectivity index (χ0) is 13.1. The van der Waals surface area contributed by atoms with E-state index in [1.165, 1.54) is 0 Å². The number of ether oxygens (including phenoxy) is 1. The van der Waals surface area contributed by atoms with Crippen molar-refractivity contribution in [3.8, 4) is 5.75 Å². The molecule has 0 bridgehead atoms. The van der Waals surface area contributed by atoms with Crippen molar-refractivity contribution >= 4 is 18.3 Å². The number of para-hydroxylation sites is 1. The first-order chi connectivity index (χ1) is 8.58. The van der Waals surface area contributed by atoms with E-state index in [0.717, 1.165) is 11.3 Å². The number of rotatable bonds is 4. The van der Waals surface area contributed by atoms with Gasteiger partial charge in [0, 0.05) is 5.56 Å². The third kappa shape index (κ3) is 3.85. The van der Waals surface area contributed by atoms with Crippen LogP contribution in [0.1, 0.15) is 31.9 Å². The third-order valence-electron chi connectivity index (χ3n) is 3.08. The average molecular weight is 285 g/mol. The van der Waals surface area contributed by atoms with Crippen LogP contribution in [0.3, 0.4) is 0 Å². The van der Waals surface area contributed by atoms with Crippen molar-refractivity contribution in [1.29, 1.82) is 0 Å². The number of fused-ring (bicyclic) bond motifs is 1. The van der Waals surface area contributed by atoms with E-state index in [-0.39, 0.29) is 24.4 Å². The number of halogens is 1. The summed E-state index contributed by atoms with van der Waals surface area (Å²) in [6, 6.07) is 7.23. The molecule has 5 heteroatoms. The minimum atomic E-state index is -0.447. The van der Waals surface area contributed by atoms with Crippen LogP contribution in [0, 0.1) is 5.92 Å². The minimum Gasteiger partial charge on any atom is -0.491 e. The monoisotopic (exact) mass is 284 g/mol. The fourth-order valence-corrected chi connectivity index (χ4v) is 2.18. The second kappa shape index (κ2) is 6.78. The lowest BCUT2D eigenvalue weighted by molar-refractivity contribution is -0.123. The van der Waals surface area contributed by atoms with Gasteiger partial charge in [-0.1, -0.05) is 32.0 Å². The molecule has 2 atom stereocenters. The first kappa shape index (κ1) is 15.8. The number of benzene rings is 1. The molecule has 2 rings (SSSR count). The maximum absolute atomic E-state index is 12.0. The highest BCUT2D eigenvalue weighted by atomic mass is 35.5. The number of hydrogen-bond donors (Lipinski definition) is 2. The molecule has 0 aliphatic carbocycles. The molecule has 19 heavy (non-hydrogen) atoms. The van der Waals surface area contributed by atoms with Gasteiger partial charge in [-0.05, 0) is 18.4 Å². The van der Waals surface area contributed by atoms with Gasteiger partial charge in [0.25, 0.3) is 0 Å². The Hall–Kier alpha value is -1.26. The van der Waals surface area contributed by atoms with Crippen molar-refractivity contribution in [3.05, 3.63) is 29.8 Å². The van der Waals surface area contributed by atoms with Crippen LogP contribution >= 0.6 is 12.4 Å². The molecule has 1 aromatic carbocycles. The molecular weight excluding hydrogens is 264 g/mol. The predicted octanol–water partition coefficient (Wildman–Crippen LogP) is 2.03. The van der Waals surface area contributed by atoms with Crippen LogP contribution in [-0.2, 0) is 4.79 Å². The molecule has 106 valence electrons. The summed E-state index contributed by atoms with van der Waals surface area (Å²) in [6.07, 6.45) is 0.695. The molecule has 1 heterocycles. The summed E-state index contributed by atoms with van der Waals surface area (Å²) < 4.78 is 5.52. The molecule has 0 spiro atoms. The Morgan fingerprint density at radius 2 is 2.16 bits per heavy atom. The van der Waals surface area contributed by atoms with Gasteiger partial charge in [-0.15, -0.1) is 12.4 Å². The topological polar surface area (TPSA) is 64.4 Å². The summed E-state index contributed by atoms with van der Waals surface area (Å²) in [5.74, 6) is 1.16. The van der Waals surface area contributed by atoms with Gasteiger partial charge in [-0.3, -0.25) is 4.79 Å². The lowest BCUT2D eigenvalue weighted by Gasteiger charge is -2.17. The molecule has 1 amide bonds. The van der Waals surface area contributed by atoms with Crippen LogP contribution in [0.4, 0.5) is 0 Å². The van der Waals surface area contributed by atoms with Gasteiger partial charge in [-0.2, -0.15) is 0 Å². The molecule has 4 nitrogen and oxygen atoms in total. The average Bonchev–Trinajstić information content (AvgIpc) is 2.72. The molecular formula is C14H21ClN2O2. The predicted molar refractivity (Wildman–Crippen MR) is 77.5 cm³/mol. The minimum absolute atomic E-state index is 0. The number of carbonyl (C=O) groups excluding carboxylic acids is 1.